The molecular formula is C106H100N4. The molecule has 0 heterocycles. The molecule has 15 aromatic carbocycles. The van der Waals surface area contributed by atoms with Gasteiger partial charge in [0, 0.05) is 80.1 Å². The van der Waals surface area contributed by atoms with E-state index in [-0.39, 0.29) is 14.9 Å². The highest BCUT2D eigenvalue weighted by Gasteiger charge is 2.43. The number of hydrogen-bond acceptors (Lipinski definition) is 4. The molecule has 18 rings (SSSR count). The molecule has 4 heteroatoms. The normalized spacial score (nSPS) is 13.7. The monoisotopic (exact) mass is 1430 g/mol. The second kappa shape index (κ2) is 34.9. The van der Waals surface area contributed by atoms with Gasteiger partial charge < -0.3 is 19.6 Å². The van der Waals surface area contributed by atoms with Gasteiger partial charge in [-0.3, -0.25) is 0 Å². The van der Waals surface area contributed by atoms with Crippen molar-refractivity contribution in [1.29, 1.82) is 0 Å². The molecule has 110 heavy (non-hydrogen) atoms. The van der Waals surface area contributed by atoms with Gasteiger partial charge in [0.25, 0.3) is 0 Å². The lowest BCUT2D eigenvalue weighted by molar-refractivity contribution is 0.281. The number of benzene rings is 15. The first-order chi connectivity index (χ1) is 53.0. The minimum absolute atomic E-state index is 0. The molecule has 0 spiro atoms. The number of hydrogen-bond donors (Lipinski definition) is 0. The van der Waals surface area contributed by atoms with E-state index in [2.05, 4.69) is 456 Å². The zero-order valence-electron chi connectivity index (χ0n) is 62.6. The Morgan fingerprint density at radius 2 is 0.536 bits per heavy atom. The second-order valence-corrected chi connectivity index (χ2v) is 29.0. The minimum Gasteiger partial charge on any atom is -0.311 e. The number of allylic oxidation sites excluding steroid dienone is 3. The van der Waals surface area contributed by atoms with E-state index >= 15 is 0 Å². The smallest absolute Gasteiger partial charge is 0.0462 e. The summed E-state index contributed by atoms with van der Waals surface area (Å²) < 4.78 is 0. The maximum Gasteiger partial charge on any atom is 0.0462 e. The fraction of sp³-hybridized carbons (Fsp3) is 0.132. The Morgan fingerprint density at radius 3 is 0.809 bits per heavy atom. The van der Waals surface area contributed by atoms with E-state index in [9.17, 15) is 0 Å². The molecule has 4 nitrogen and oxygen atoms in total. The third kappa shape index (κ3) is 16.2. The molecule has 0 saturated heterocycles. The van der Waals surface area contributed by atoms with Gasteiger partial charge in [-0.15, -0.1) is 6.58 Å². The summed E-state index contributed by atoms with van der Waals surface area (Å²) in [5, 5.41) is 2.51. The van der Waals surface area contributed by atoms with Crippen LogP contribution in [0.25, 0.3) is 55.3 Å². The average molecular weight is 1430 g/mol. The molecule has 0 N–H and O–H groups in total. The average Bonchev–Trinajstić information content (AvgIpc) is 0.716. The SMILES string of the molecule is C.C.C=CC(C)C.CC1=CC2c3c(-c4ccc(N(c5ccccc5)c5ccccc5)cc4)ccc(-c4ccc(N(c5ccccc5)c5ccccc5)cc4)c3C1CC2C(C)C.Cc1ccc2c(-c3ccc(N(c4ccccc4)c4ccccc4)cc3)ccc(-c3ccc(N(c4ccccc4)c4ccccc4)cc3)c2c1. The number of rotatable bonds is 18. The van der Waals surface area contributed by atoms with E-state index in [1.165, 1.54) is 84.0 Å². The Balaban J connectivity index is 0.000000180. The summed E-state index contributed by atoms with van der Waals surface area (Å²) in [6.45, 7) is 17.1. The van der Waals surface area contributed by atoms with Crippen LogP contribution in [0.15, 0.2) is 406 Å². The van der Waals surface area contributed by atoms with Gasteiger partial charge in [-0.05, 0) is 250 Å². The van der Waals surface area contributed by atoms with Crippen LogP contribution in [0, 0.1) is 24.7 Å². The van der Waals surface area contributed by atoms with Crippen molar-refractivity contribution >= 4 is 79.0 Å². The maximum atomic E-state index is 3.56. The third-order valence-electron chi connectivity index (χ3n) is 21.3. The van der Waals surface area contributed by atoms with Crippen LogP contribution < -0.4 is 19.6 Å². The number of nitrogens with zero attached hydrogens (tertiary/aromatic N) is 4. The van der Waals surface area contributed by atoms with Crippen molar-refractivity contribution in [1.82, 2.24) is 0 Å². The second-order valence-electron chi connectivity index (χ2n) is 29.0. The van der Waals surface area contributed by atoms with Crippen molar-refractivity contribution < 1.29 is 0 Å². The highest BCUT2D eigenvalue weighted by molar-refractivity contribution is 6.05. The van der Waals surface area contributed by atoms with E-state index in [0.717, 1.165) is 68.2 Å². The van der Waals surface area contributed by atoms with Gasteiger partial charge >= 0.3 is 0 Å². The summed E-state index contributed by atoms with van der Waals surface area (Å²) in [4.78, 5) is 9.28. The number of aryl methyl sites for hydroxylation is 1. The Kier molecular flexibility index (Phi) is 23.9. The topological polar surface area (TPSA) is 13.0 Å². The lowest BCUT2D eigenvalue weighted by atomic mass is 9.58. The Hall–Kier alpha value is -12.8. The van der Waals surface area contributed by atoms with E-state index in [1.807, 2.05) is 6.08 Å². The highest BCUT2D eigenvalue weighted by atomic mass is 15.2. The van der Waals surface area contributed by atoms with E-state index in [1.54, 1.807) is 0 Å². The van der Waals surface area contributed by atoms with Gasteiger partial charge in [-0.1, -0.05) is 302 Å². The summed E-state index contributed by atoms with van der Waals surface area (Å²) >= 11 is 0. The largest absolute Gasteiger partial charge is 0.311 e. The molecule has 544 valence electrons. The van der Waals surface area contributed by atoms with Crippen molar-refractivity contribution in [2.24, 2.45) is 17.8 Å². The number of anilines is 12. The van der Waals surface area contributed by atoms with Crippen molar-refractivity contribution in [3.05, 3.63) is 423 Å². The summed E-state index contributed by atoms with van der Waals surface area (Å²) in [7, 11) is 0. The molecule has 3 aliphatic carbocycles. The Morgan fingerprint density at radius 1 is 0.291 bits per heavy atom. The van der Waals surface area contributed by atoms with Crippen LogP contribution in [0.1, 0.15) is 84.4 Å². The molecular weight excluding hydrogens is 1330 g/mol. The highest BCUT2D eigenvalue weighted by Crippen LogP contribution is 2.59. The molecule has 0 radical (unpaired) electrons. The van der Waals surface area contributed by atoms with Crippen molar-refractivity contribution in [3.63, 3.8) is 0 Å². The minimum atomic E-state index is 0. The predicted octanol–water partition coefficient (Wildman–Crippen LogP) is 31.3. The molecule has 0 aromatic heterocycles. The molecule has 0 fully saturated rings. The van der Waals surface area contributed by atoms with Crippen molar-refractivity contribution in [2.45, 2.75) is 74.7 Å². The van der Waals surface area contributed by atoms with Gasteiger partial charge in [0.2, 0.25) is 0 Å². The first kappa shape index (κ1) is 75.5. The van der Waals surface area contributed by atoms with Gasteiger partial charge in [0.1, 0.15) is 0 Å². The molecule has 2 bridgehead atoms. The first-order valence-corrected chi connectivity index (χ1v) is 38.1. The van der Waals surface area contributed by atoms with Crippen LogP contribution in [0.3, 0.4) is 0 Å². The lowest BCUT2D eigenvalue weighted by Gasteiger charge is -2.46. The lowest BCUT2D eigenvalue weighted by Crippen LogP contribution is -2.32. The van der Waals surface area contributed by atoms with Crippen LogP contribution in [0.4, 0.5) is 68.2 Å². The molecule has 3 aliphatic rings. The zero-order chi connectivity index (χ0) is 73.9. The third-order valence-corrected chi connectivity index (χ3v) is 21.3. The summed E-state index contributed by atoms with van der Waals surface area (Å²) in [6.07, 6.45) is 5.74. The van der Waals surface area contributed by atoms with Crippen molar-refractivity contribution in [2.75, 3.05) is 19.6 Å². The van der Waals surface area contributed by atoms with Gasteiger partial charge in [-0.25, -0.2) is 0 Å². The van der Waals surface area contributed by atoms with E-state index in [4.69, 9.17) is 0 Å². The zero-order valence-corrected chi connectivity index (χ0v) is 62.6. The molecule has 0 amide bonds. The van der Waals surface area contributed by atoms with Crippen LogP contribution in [0.5, 0.6) is 0 Å². The quantitative estimate of drug-likeness (QED) is 0.0794. The number of para-hydroxylation sites is 8. The number of fused-ring (bicyclic) bond motifs is 2. The molecule has 0 saturated carbocycles. The van der Waals surface area contributed by atoms with Crippen LogP contribution >= 0.6 is 0 Å². The van der Waals surface area contributed by atoms with E-state index in [0.29, 0.717) is 29.6 Å². The van der Waals surface area contributed by atoms with E-state index < -0.39 is 0 Å². The molecule has 15 aromatic rings. The Bertz CT molecular complexity index is 5320. The predicted molar refractivity (Wildman–Crippen MR) is 476 cm³/mol. The van der Waals surface area contributed by atoms with Crippen LogP contribution in [0.2, 0.25) is 0 Å². The first-order valence-electron chi connectivity index (χ1n) is 38.1. The standard InChI is InChI=1S/C52H46N2.C47H36N2.C5H10.2CH4/c1-36(2)48-35-49-37(3)34-50(48)52-47(39-26-30-45(31-27-39)54(42-20-12-6-13-21-42)43-22-14-7-15-23-43)33-32-46(51(49)52)38-24-28-44(29-25-38)53(40-16-8-4-9-17-40)41-18-10-5-11-19-41;1-35-22-31-46-44(36-23-27-42(28-24-36)48(38-14-6-2-7-15-38)39-16-8-3-9-17-39)32-33-45(47(46)34-35)37-25-29-43(30-26-37)49(40-18-10-4-11-19-40)41-20-12-5-13-21-41;1-4-5(2)3;;/h4-34,36,48-50H,35H2,1-3H3;2-34H,1H3;4-5H,1H2,2-3H3;2*1H4. The van der Waals surface area contributed by atoms with Gasteiger partial charge in [0.15, 0.2) is 0 Å². The summed E-state index contributed by atoms with van der Waals surface area (Å²) in [5.41, 5.74) is 29.7. The fourth-order valence-electron chi connectivity index (χ4n) is 15.9. The summed E-state index contributed by atoms with van der Waals surface area (Å²) in [6, 6.07) is 137. The van der Waals surface area contributed by atoms with Crippen LogP contribution in [-0.2, 0) is 0 Å². The van der Waals surface area contributed by atoms with Crippen molar-refractivity contribution in [3.8, 4) is 44.5 Å². The van der Waals surface area contributed by atoms with Gasteiger partial charge in [-0.2, -0.15) is 0 Å². The molecule has 3 atom stereocenters. The summed E-state index contributed by atoms with van der Waals surface area (Å²) in [5.74, 6) is 2.70. The molecule has 3 unspecified atom stereocenters. The Labute approximate surface area is 654 Å². The maximum absolute atomic E-state index is 3.56. The molecule has 0 aliphatic heterocycles. The fourth-order valence-corrected chi connectivity index (χ4v) is 15.9. The van der Waals surface area contributed by atoms with Crippen LogP contribution in [-0.4, -0.2) is 0 Å². The van der Waals surface area contributed by atoms with Gasteiger partial charge in [0.05, 0.1) is 0 Å².